The molecule has 3 atom stereocenters. The third-order valence-electron chi connectivity index (χ3n) is 6.41. The summed E-state index contributed by atoms with van der Waals surface area (Å²) in [6.45, 7) is 1.84. The standard InChI is InChI=1S/C25H26FN7O7/c26-19-7-15(33-12-17(39-25(33)37)11-32-6-5-29-31-32)2-3-18(19)14-1-4-21(28-10-14)22-8-16(40-30-22)13-38-24(36)20(27)9-23(34)35/h1-4,7,10,16-17,20H,5-6,8-9,11-13,27H2,(H,34,35)/t16-,17-,20-/m0/s1. The number of benzene rings is 1. The van der Waals surface area contributed by atoms with Crippen molar-refractivity contribution in [3.05, 3.63) is 48.0 Å². The van der Waals surface area contributed by atoms with Gasteiger partial charge in [-0.3, -0.25) is 24.5 Å². The van der Waals surface area contributed by atoms with E-state index in [-0.39, 0.29) is 13.2 Å². The van der Waals surface area contributed by atoms with Crippen molar-refractivity contribution in [2.45, 2.75) is 31.1 Å². The number of hydrogen-bond acceptors (Lipinski definition) is 12. The number of anilines is 1. The Labute approximate surface area is 227 Å². The van der Waals surface area contributed by atoms with Crippen LogP contribution in [0.25, 0.3) is 11.1 Å². The molecular weight excluding hydrogens is 529 g/mol. The van der Waals surface area contributed by atoms with Gasteiger partial charge in [0, 0.05) is 23.7 Å². The number of amides is 1. The molecule has 4 heterocycles. The smallest absolute Gasteiger partial charge is 0.414 e. The molecule has 40 heavy (non-hydrogen) atoms. The van der Waals surface area contributed by atoms with Gasteiger partial charge in [0.1, 0.15) is 30.3 Å². The van der Waals surface area contributed by atoms with E-state index in [9.17, 15) is 14.4 Å². The summed E-state index contributed by atoms with van der Waals surface area (Å²) in [5.41, 5.74) is 7.70. The fourth-order valence-electron chi connectivity index (χ4n) is 4.38. The number of carbonyl (C=O) groups excluding carboxylic acids is 2. The molecule has 1 aromatic carbocycles. The van der Waals surface area contributed by atoms with Crippen molar-refractivity contribution < 1.29 is 38.2 Å². The van der Waals surface area contributed by atoms with Gasteiger partial charge in [0.2, 0.25) is 0 Å². The Kier molecular flexibility index (Phi) is 7.82. The van der Waals surface area contributed by atoms with E-state index < -0.39 is 48.5 Å². The first-order valence-electron chi connectivity index (χ1n) is 12.5. The molecule has 0 spiro atoms. The zero-order chi connectivity index (χ0) is 28.2. The lowest BCUT2D eigenvalue weighted by Gasteiger charge is -2.16. The molecule has 5 rings (SSSR count). The fourth-order valence-corrected chi connectivity index (χ4v) is 4.38. The van der Waals surface area contributed by atoms with E-state index in [0.29, 0.717) is 54.3 Å². The van der Waals surface area contributed by atoms with Gasteiger partial charge in [0.15, 0.2) is 6.10 Å². The number of rotatable bonds is 10. The fraction of sp³-hybridized carbons (Fsp3) is 0.400. The second-order valence-electron chi connectivity index (χ2n) is 9.38. The zero-order valence-electron chi connectivity index (χ0n) is 21.2. The van der Waals surface area contributed by atoms with E-state index in [0.717, 1.165) is 0 Å². The van der Waals surface area contributed by atoms with E-state index >= 15 is 4.39 Å². The van der Waals surface area contributed by atoms with E-state index in [1.54, 1.807) is 29.3 Å². The Morgan fingerprint density at radius 1 is 1.25 bits per heavy atom. The number of carboxylic acid groups (broad SMARTS) is 1. The van der Waals surface area contributed by atoms with Crippen LogP contribution in [0, 0.1) is 5.82 Å². The number of oxime groups is 1. The highest BCUT2D eigenvalue weighted by Crippen LogP contribution is 2.29. The van der Waals surface area contributed by atoms with Gasteiger partial charge < -0.3 is 25.2 Å². The first-order valence-corrected chi connectivity index (χ1v) is 12.5. The van der Waals surface area contributed by atoms with Crippen molar-refractivity contribution in [3.63, 3.8) is 0 Å². The Morgan fingerprint density at radius 2 is 2.10 bits per heavy atom. The van der Waals surface area contributed by atoms with Crippen LogP contribution in [0.5, 0.6) is 0 Å². The number of aliphatic carboxylic acids is 1. The Hall–Kier alpha value is -4.66. The lowest BCUT2D eigenvalue weighted by molar-refractivity contribution is -0.152. The van der Waals surface area contributed by atoms with Gasteiger partial charge in [-0.25, -0.2) is 9.18 Å². The normalized spacial score (nSPS) is 20.8. The number of ether oxygens (including phenoxy) is 2. The van der Waals surface area contributed by atoms with Crippen molar-refractivity contribution in [3.8, 4) is 11.1 Å². The zero-order valence-corrected chi connectivity index (χ0v) is 21.2. The van der Waals surface area contributed by atoms with Crippen LogP contribution in [-0.2, 0) is 23.9 Å². The van der Waals surface area contributed by atoms with Crippen LogP contribution in [0.2, 0.25) is 0 Å². The van der Waals surface area contributed by atoms with E-state index in [4.69, 9.17) is 25.2 Å². The summed E-state index contributed by atoms with van der Waals surface area (Å²) in [6, 6.07) is 6.59. The maximum Gasteiger partial charge on any atom is 0.414 e. The average Bonchev–Trinajstić information content (AvgIpc) is 3.69. The number of aromatic nitrogens is 1. The molecule has 0 unspecified atom stereocenters. The number of pyridine rings is 1. The molecule has 1 fully saturated rings. The topological polar surface area (TPSA) is 182 Å². The minimum atomic E-state index is -1.27. The summed E-state index contributed by atoms with van der Waals surface area (Å²) < 4.78 is 25.5. The number of nitrogens with two attached hydrogens (primary N) is 1. The minimum absolute atomic E-state index is 0.149. The molecule has 3 aliphatic heterocycles. The molecule has 0 aliphatic carbocycles. The van der Waals surface area contributed by atoms with Crippen molar-refractivity contribution in [2.75, 3.05) is 37.7 Å². The molecular formula is C25H26FN7O7. The molecule has 3 aliphatic rings. The summed E-state index contributed by atoms with van der Waals surface area (Å²) >= 11 is 0. The molecule has 2 aromatic rings. The van der Waals surface area contributed by atoms with E-state index in [2.05, 4.69) is 20.5 Å². The molecule has 1 aromatic heterocycles. The molecule has 0 saturated carbocycles. The third-order valence-corrected chi connectivity index (χ3v) is 6.41. The van der Waals surface area contributed by atoms with Crippen molar-refractivity contribution >= 4 is 29.4 Å². The van der Waals surface area contributed by atoms with Crippen LogP contribution in [-0.4, -0.2) is 89.9 Å². The highest BCUT2D eigenvalue weighted by atomic mass is 19.1. The molecule has 3 N–H and O–H groups in total. The highest BCUT2D eigenvalue weighted by molar-refractivity contribution is 6.00. The van der Waals surface area contributed by atoms with Gasteiger partial charge in [-0.2, -0.15) is 5.11 Å². The van der Waals surface area contributed by atoms with Crippen molar-refractivity contribution in [2.24, 2.45) is 21.2 Å². The number of cyclic esters (lactones) is 1. The average molecular weight is 556 g/mol. The van der Waals surface area contributed by atoms with E-state index in [1.807, 2.05) is 0 Å². The molecule has 210 valence electrons. The van der Waals surface area contributed by atoms with Crippen LogP contribution in [0.3, 0.4) is 0 Å². The first kappa shape index (κ1) is 26.9. The molecule has 1 amide bonds. The van der Waals surface area contributed by atoms with Crippen LogP contribution in [0.1, 0.15) is 18.5 Å². The van der Waals surface area contributed by atoms with Gasteiger partial charge in [-0.05, 0) is 24.3 Å². The van der Waals surface area contributed by atoms with Gasteiger partial charge in [0.05, 0.1) is 44.0 Å². The predicted octanol–water partition coefficient (Wildman–Crippen LogP) is 1.73. The van der Waals surface area contributed by atoms with Gasteiger partial charge >= 0.3 is 18.0 Å². The van der Waals surface area contributed by atoms with Crippen LogP contribution < -0.4 is 10.6 Å². The first-order chi connectivity index (χ1) is 19.3. The summed E-state index contributed by atoms with van der Waals surface area (Å²) in [4.78, 5) is 45.9. The van der Waals surface area contributed by atoms with Crippen molar-refractivity contribution in [1.82, 2.24) is 9.99 Å². The monoisotopic (exact) mass is 555 g/mol. The van der Waals surface area contributed by atoms with Crippen LogP contribution in [0.4, 0.5) is 14.9 Å². The largest absolute Gasteiger partial charge is 0.481 e. The minimum Gasteiger partial charge on any atom is -0.481 e. The van der Waals surface area contributed by atoms with Crippen molar-refractivity contribution in [1.29, 1.82) is 0 Å². The third kappa shape index (κ3) is 6.14. The number of halogens is 1. The molecule has 1 saturated heterocycles. The molecule has 15 heteroatoms. The van der Waals surface area contributed by atoms with Gasteiger partial charge in [0.25, 0.3) is 0 Å². The number of esters is 1. The number of carbonyl (C=O) groups is 3. The van der Waals surface area contributed by atoms with E-state index in [1.165, 1.54) is 17.2 Å². The number of hydrogen-bond donors (Lipinski definition) is 2. The lowest BCUT2D eigenvalue weighted by atomic mass is 10.0. The second kappa shape index (κ2) is 11.6. The van der Waals surface area contributed by atoms with Gasteiger partial charge in [-0.15, -0.1) is 0 Å². The molecule has 0 bridgehead atoms. The summed E-state index contributed by atoms with van der Waals surface area (Å²) in [6.07, 6.45) is -0.255. The summed E-state index contributed by atoms with van der Waals surface area (Å²) in [5, 5.41) is 22.3. The second-order valence-corrected chi connectivity index (χ2v) is 9.38. The highest BCUT2D eigenvalue weighted by Gasteiger charge is 2.34. The number of carboxylic acids is 1. The Balaban J connectivity index is 1.16. The summed E-state index contributed by atoms with van der Waals surface area (Å²) in [5.74, 6) is -2.57. The Bertz CT molecular complexity index is 1350. The number of nitrogens with zero attached hydrogens (tertiary/aromatic N) is 6. The van der Waals surface area contributed by atoms with Crippen LogP contribution in [0.15, 0.2) is 52.0 Å². The lowest BCUT2D eigenvalue weighted by Crippen LogP contribution is -2.36. The molecule has 14 nitrogen and oxygen atoms in total. The predicted molar refractivity (Wildman–Crippen MR) is 136 cm³/mol. The van der Waals surface area contributed by atoms with Crippen LogP contribution >= 0.6 is 0 Å². The molecule has 0 radical (unpaired) electrons. The Morgan fingerprint density at radius 3 is 2.80 bits per heavy atom. The SMILES string of the molecule is N[C@@H](CC(=O)O)C(=O)OC[C@@H]1CC(c2ccc(-c3ccc(N4C[C@H](CN5CCN=N5)OC4=O)cc3F)cn2)=NO1. The maximum absolute atomic E-state index is 15.1. The van der Waals surface area contributed by atoms with Gasteiger partial charge in [-0.1, -0.05) is 16.4 Å². The summed E-state index contributed by atoms with van der Waals surface area (Å²) in [7, 11) is 0. The quantitative estimate of drug-likeness (QED) is 0.410. The maximum atomic E-state index is 15.1.